The molecule has 0 saturated carbocycles. The number of nitrogens with zero attached hydrogens (tertiary/aromatic N) is 1. The van der Waals surface area contributed by atoms with Gasteiger partial charge >= 0.3 is 0 Å². The van der Waals surface area contributed by atoms with Gasteiger partial charge in [0, 0.05) is 13.1 Å². The number of sulfone groups is 1. The summed E-state index contributed by atoms with van der Waals surface area (Å²) < 4.78 is 34.7. The van der Waals surface area contributed by atoms with Crippen molar-refractivity contribution >= 4 is 15.7 Å². The molecule has 1 aromatic carbocycles. The van der Waals surface area contributed by atoms with Crippen LogP contribution in [0.3, 0.4) is 0 Å². The van der Waals surface area contributed by atoms with Crippen molar-refractivity contribution in [2.45, 2.75) is 17.4 Å². The Balaban J connectivity index is 1.52. The molecule has 3 rings (SSSR count). The number of benzene rings is 1. The Morgan fingerprint density at radius 3 is 2.54 bits per heavy atom. The highest BCUT2D eigenvalue weighted by molar-refractivity contribution is 7.91. The normalized spacial score (nSPS) is 15.1. The molecule has 1 saturated heterocycles. The van der Waals surface area contributed by atoms with E-state index >= 15 is 0 Å². The largest absolute Gasteiger partial charge is 0.497 e. The molecule has 128 valence electrons. The van der Waals surface area contributed by atoms with Crippen LogP contribution in [0.4, 0.5) is 0 Å². The van der Waals surface area contributed by atoms with Crippen LogP contribution in [0.1, 0.15) is 11.3 Å². The van der Waals surface area contributed by atoms with E-state index in [2.05, 4.69) is 0 Å². The summed E-state index contributed by atoms with van der Waals surface area (Å²) in [4.78, 5) is 13.8. The van der Waals surface area contributed by atoms with Gasteiger partial charge in [-0.1, -0.05) is 12.1 Å². The number of amides is 1. The highest BCUT2D eigenvalue weighted by Gasteiger charge is 2.39. The maximum Gasteiger partial charge on any atom is 0.227 e. The molecule has 0 spiro atoms. The van der Waals surface area contributed by atoms with Crippen LogP contribution in [0, 0.1) is 0 Å². The summed E-state index contributed by atoms with van der Waals surface area (Å²) >= 11 is 0. The molecule has 0 bridgehead atoms. The van der Waals surface area contributed by atoms with Crippen LogP contribution >= 0.6 is 0 Å². The number of furan rings is 1. The molecular formula is C17H19NO5S. The van der Waals surface area contributed by atoms with Crippen molar-refractivity contribution < 1.29 is 22.4 Å². The molecule has 7 heteroatoms. The van der Waals surface area contributed by atoms with Gasteiger partial charge in [-0.15, -0.1) is 0 Å². The fourth-order valence-electron chi connectivity index (χ4n) is 2.61. The van der Waals surface area contributed by atoms with Gasteiger partial charge in [0.05, 0.1) is 25.0 Å². The van der Waals surface area contributed by atoms with Gasteiger partial charge in [-0.05, 0) is 29.8 Å². The van der Waals surface area contributed by atoms with Crippen LogP contribution in [0.25, 0.3) is 0 Å². The van der Waals surface area contributed by atoms with E-state index in [0.29, 0.717) is 5.76 Å². The molecule has 1 fully saturated rings. The monoisotopic (exact) mass is 349 g/mol. The second-order valence-electron chi connectivity index (χ2n) is 5.83. The van der Waals surface area contributed by atoms with Crippen molar-refractivity contribution in [3.05, 3.63) is 54.0 Å². The molecule has 24 heavy (non-hydrogen) atoms. The Kier molecular flexibility index (Phi) is 4.62. The van der Waals surface area contributed by atoms with E-state index < -0.39 is 15.1 Å². The van der Waals surface area contributed by atoms with E-state index in [-0.39, 0.29) is 31.2 Å². The van der Waals surface area contributed by atoms with Gasteiger partial charge in [-0.25, -0.2) is 8.42 Å². The first-order chi connectivity index (χ1) is 11.5. The zero-order valence-electron chi connectivity index (χ0n) is 13.3. The molecule has 2 aromatic rings. The van der Waals surface area contributed by atoms with Crippen LogP contribution in [-0.2, 0) is 26.8 Å². The third-order valence-corrected chi connectivity index (χ3v) is 6.15. The minimum absolute atomic E-state index is 0.0652. The number of carbonyl (C=O) groups excluding carboxylic acids is 1. The van der Waals surface area contributed by atoms with Gasteiger partial charge in [0.15, 0.2) is 9.84 Å². The van der Waals surface area contributed by atoms with Gasteiger partial charge < -0.3 is 14.1 Å². The van der Waals surface area contributed by atoms with Crippen molar-refractivity contribution in [1.82, 2.24) is 4.90 Å². The third-order valence-electron chi connectivity index (χ3n) is 4.15. The summed E-state index contributed by atoms with van der Waals surface area (Å²) in [6.45, 7) is 0.496. The van der Waals surface area contributed by atoms with Crippen molar-refractivity contribution in [3.8, 4) is 5.75 Å². The van der Waals surface area contributed by atoms with E-state index in [1.807, 2.05) is 12.1 Å². The second-order valence-corrected chi connectivity index (χ2v) is 8.11. The number of methoxy groups -OCH3 is 1. The second kappa shape index (κ2) is 6.68. The smallest absolute Gasteiger partial charge is 0.227 e. The lowest BCUT2D eigenvalue weighted by Gasteiger charge is -2.38. The summed E-state index contributed by atoms with van der Waals surface area (Å²) in [5.41, 5.74) is 0.877. The molecule has 1 amide bonds. The molecule has 1 aromatic heterocycles. The molecule has 2 heterocycles. The molecule has 0 atom stereocenters. The molecule has 0 unspecified atom stereocenters. The Morgan fingerprint density at radius 2 is 1.96 bits per heavy atom. The van der Waals surface area contributed by atoms with E-state index in [4.69, 9.17) is 9.15 Å². The Labute approximate surface area is 140 Å². The summed E-state index contributed by atoms with van der Waals surface area (Å²) in [6, 6.07) is 10.6. The first kappa shape index (κ1) is 16.6. The third kappa shape index (κ3) is 3.62. The lowest BCUT2D eigenvalue weighted by Crippen LogP contribution is -2.57. The number of likely N-dealkylation sites (tertiary alicyclic amines) is 1. The fourth-order valence-corrected chi connectivity index (χ4v) is 4.22. The average Bonchev–Trinajstić information content (AvgIpc) is 2.98. The molecule has 6 nitrogen and oxygen atoms in total. The quantitative estimate of drug-likeness (QED) is 0.793. The average molecular weight is 349 g/mol. The first-order valence-corrected chi connectivity index (χ1v) is 9.34. The lowest BCUT2D eigenvalue weighted by atomic mass is 10.1. The van der Waals surface area contributed by atoms with Crippen LogP contribution in [0.2, 0.25) is 0 Å². The van der Waals surface area contributed by atoms with Gasteiger partial charge in [-0.3, -0.25) is 4.79 Å². The Bertz CT molecular complexity index is 790. The number of rotatable bonds is 6. The number of hydrogen-bond acceptors (Lipinski definition) is 5. The van der Waals surface area contributed by atoms with Crippen LogP contribution in [0.15, 0.2) is 47.1 Å². The predicted molar refractivity (Wildman–Crippen MR) is 88.4 cm³/mol. The van der Waals surface area contributed by atoms with Crippen LogP contribution < -0.4 is 4.74 Å². The highest BCUT2D eigenvalue weighted by Crippen LogP contribution is 2.22. The van der Waals surface area contributed by atoms with Gasteiger partial charge in [-0.2, -0.15) is 0 Å². The lowest BCUT2D eigenvalue weighted by molar-refractivity contribution is -0.133. The van der Waals surface area contributed by atoms with Crippen molar-refractivity contribution in [2.24, 2.45) is 0 Å². The van der Waals surface area contributed by atoms with Crippen LogP contribution in [-0.4, -0.2) is 44.7 Å². The fraction of sp³-hybridized carbons (Fsp3) is 0.353. The van der Waals surface area contributed by atoms with Gasteiger partial charge in [0.2, 0.25) is 5.91 Å². The number of carbonyl (C=O) groups is 1. The van der Waals surface area contributed by atoms with E-state index in [9.17, 15) is 13.2 Å². The van der Waals surface area contributed by atoms with Crippen molar-refractivity contribution in [1.29, 1.82) is 0 Å². The minimum atomic E-state index is -3.30. The standard InChI is InChI=1S/C17H19NO5S/c1-22-14-6-4-13(5-7-14)9-17(19)18-10-16(11-18)24(20,21)12-15-3-2-8-23-15/h2-8,16H,9-12H2,1H3. The summed E-state index contributed by atoms with van der Waals surface area (Å²) in [6.07, 6.45) is 1.71. The van der Waals surface area contributed by atoms with E-state index in [1.165, 1.54) is 6.26 Å². The summed E-state index contributed by atoms with van der Waals surface area (Å²) in [5, 5.41) is -0.512. The maximum atomic E-state index is 12.3. The Hall–Kier alpha value is -2.28. The SMILES string of the molecule is COc1ccc(CC(=O)N2CC(S(=O)(=O)Cc3ccco3)C2)cc1. The van der Waals surface area contributed by atoms with Gasteiger partial charge in [0.1, 0.15) is 17.3 Å². The zero-order valence-corrected chi connectivity index (χ0v) is 14.2. The topological polar surface area (TPSA) is 76.8 Å². The molecular weight excluding hydrogens is 330 g/mol. The minimum Gasteiger partial charge on any atom is -0.497 e. The molecule has 0 aliphatic carbocycles. The summed E-state index contributed by atoms with van der Waals surface area (Å²) in [7, 11) is -1.71. The summed E-state index contributed by atoms with van der Waals surface area (Å²) in [5.74, 6) is 0.979. The number of ether oxygens (including phenoxy) is 1. The highest BCUT2D eigenvalue weighted by atomic mass is 32.2. The van der Waals surface area contributed by atoms with E-state index in [0.717, 1.165) is 11.3 Å². The maximum absolute atomic E-state index is 12.3. The number of hydrogen-bond donors (Lipinski definition) is 0. The predicted octanol–water partition coefficient (Wildman–Crippen LogP) is 1.66. The molecule has 0 N–H and O–H groups in total. The van der Waals surface area contributed by atoms with Crippen molar-refractivity contribution in [3.63, 3.8) is 0 Å². The van der Waals surface area contributed by atoms with Crippen LogP contribution in [0.5, 0.6) is 5.75 Å². The van der Waals surface area contributed by atoms with E-state index in [1.54, 1.807) is 36.3 Å². The Morgan fingerprint density at radius 1 is 1.25 bits per heavy atom. The zero-order chi connectivity index (χ0) is 17.2. The van der Waals surface area contributed by atoms with Gasteiger partial charge in [0.25, 0.3) is 0 Å². The molecule has 1 aliphatic rings. The first-order valence-electron chi connectivity index (χ1n) is 7.62. The molecule has 1 aliphatic heterocycles. The molecule has 0 radical (unpaired) electrons. The van der Waals surface area contributed by atoms with Crippen molar-refractivity contribution in [2.75, 3.05) is 20.2 Å².